The molecule has 4 rings (SSSR count). The van der Waals surface area contributed by atoms with Crippen LogP contribution < -0.4 is 0 Å². The predicted molar refractivity (Wildman–Crippen MR) is 137 cm³/mol. The molecule has 1 unspecified atom stereocenters. The van der Waals surface area contributed by atoms with Gasteiger partial charge in [-0.2, -0.15) is 0 Å². The highest BCUT2D eigenvalue weighted by Gasteiger charge is 2.16. The maximum absolute atomic E-state index is 11.9. The molecule has 0 radical (unpaired) electrons. The Balaban J connectivity index is 0.000000201. The number of rotatable bonds is 7. The van der Waals surface area contributed by atoms with Crippen LogP contribution in [0.2, 0.25) is 0 Å². The van der Waals surface area contributed by atoms with E-state index in [1.54, 1.807) is 37.3 Å². The monoisotopic (exact) mass is 484 g/mol. The van der Waals surface area contributed by atoms with Crippen molar-refractivity contribution < 1.29 is 29.3 Å². The van der Waals surface area contributed by atoms with Crippen molar-refractivity contribution in [1.29, 1.82) is 0 Å². The molecule has 0 spiro atoms. The summed E-state index contributed by atoms with van der Waals surface area (Å²) < 4.78 is 10.4. The van der Waals surface area contributed by atoms with Gasteiger partial charge in [-0.1, -0.05) is 84.9 Å². The third-order valence-electron chi connectivity index (χ3n) is 5.27. The van der Waals surface area contributed by atoms with E-state index in [0.29, 0.717) is 13.0 Å². The molecule has 0 aliphatic rings. The largest absolute Gasteiger partial charge is 0.507 e. The van der Waals surface area contributed by atoms with Crippen molar-refractivity contribution >= 4 is 11.9 Å². The second-order valence-corrected chi connectivity index (χ2v) is 7.86. The number of ether oxygens (including phenoxy) is 2. The molecule has 0 aliphatic heterocycles. The number of phenolic OH excluding ortho intramolecular Hbond substituents is 2. The van der Waals surface area contributed by atoms with E-state index in [-0.39, 0.29) is 28.7 Å². The van der Waals surface area contributed by atoms with Gasteiger partial charge >= 0.3 is 11.9 Å². The number of hydrogen-bond donors (Lipinski definition) is 2. The van der Waals surface area contributed by atoms with E-state index >= 15 is 0 Å². The number of benzene rings is 4. The summed E-state index contributed by atoms with van der Waals surface area (Å²) in [6.07, 6.45) is 0.318. The highest BCUT2D eigenvalue weighted by molar-refractivity contribution is 5.92. The molecule has 0 amide bonds. The number of phenols is 2. The van der Waals surface area contributed by atoms with E-state index in [1.165, 1.54) is 18.2 Å². The number of para-hydroxylation sites is 2. The lowest BCUT2D eigenvalue weighted by Gasteiger charge is -2.13. The Hall–Kier alpha value is -4.58. The van der Waals surface area contributed by atoms with Crippen LogP contribution in [0.25, 0.3) is 0 Å². The molecule has 0 saturated carbocycles. The zero-order chi connectivity index (χ0) is 25.8. The van der Waals surface area contributed by atoms with Crippen molar-refractivity contribution in [3.63, 3.8) is 0 Å². The Morgan fingerprint density at radius 3 is 1.69 bits per heavy atom. The average molecular weight is 485 g/mol. The van der Waals surface area contributed by atoms with Gasteiger partial charge in [0.25, 0.3) is 0 Å². The number of esters is 2. The Morgan fingerprint density at radius 2 is 1.14 bits per heavy atom. The second-order valence-electron chi connectivity index (χ2n) is 7.86. The molecule has 4 aromatic carbocycles. The first kappa shape index (κ1) is 26.0. The molecule has 0 heterocycles. The Labute approximate surface area is 210 Å². The summed E-state index contributed by atoms with van der Waals surface area (Å²) in [6.45, 7) is 2.10. The van der Waals surface area contributed by atoms with Crippen molar-refractivity contribution in [1.82, 2.24) is 0 Å². The summed E-state index contributed by atoms with van der Waals surface area (Å²) in [4.78, 5) is 23.5. The first-order valence-electron chi connectivity index (χ1n) is 11.5. The maximum atomic E-state index is 11.9. The minimum Gasteiger partial charge on any atom is -0.507 e. The van der Waals surface area contributed by atoms with Crippen molar-refractivity contribution in [3.05, 3.63) is 131 Å². The average Bonchev–Trinajstić information content (AvgIpc) is 2.90. The molecular weight excluding hydrogens is 456 g/mol. The highest BCUT2D eigenvalue weighted by Crippen LogP contribution is 2.22. The molecule has 6 nitrogen and oxygen atoms in total. The van der Waals surface area contributed by atoms with Crippen molar-refractivity contribution in [2.24, 2.45) is 0 Å². The van der Waals surface area contributed by atoms with Gasteiger partial charge in [-0.05, 0) is 42.3 Å². The third-order valence-corrected chi connectivity index (χ3v) is 5.27. The van der Waals surface area contributed by atoms with Gasteiger partial charge in [-0.25, -0.2) is 9.59 Å². The summed E-state index contributed by atoms with van der Waals surface area (Å²) in [5.74, 6) is -1.14. The fourth-order valence-electron chi connectivity index (χ4n) is 3.29. The molecule has 0 aliphatic carbocycles. The molecule has 0 aromatic heterocycles. The Kier molecular flexibility index (Phi) is 9.65. The molecule has 2 N–H and O–H groups in total. The fraction of sp³-hybridized carbons (Fsp3) is 0.133. The summed E-state index contributed by atoms with van der Waals surface area (Å²) in [5, 5.41) is 19.1. The zero-order valence-electron chi connectivity index (χ0n) is 19.9. The number of aromatic hydroxyl groups is 2. The lowest BCUT2D eigenvalue weighted by molar-refractivity contribution is 0.0334. The van der Waals surface area contributed by atoms with Gasteiger partial charge in [0.1, 0.15) is 28.7 Å². The molecule has 1 atom stereocenters. The molecule has 0 saturated heterocycles. The zero-order valence-corrected chi connectivity index (χ0v) is 19.9. The lowest BCUT2D eigenvalue weighted by atomic mass is 10.1. The maximum Gasteiger partial charge on any atom is 0.342 e. The van der Waals surface area contributed by atoms with Crippen LogP contribution in [-0.4, -0.2) is 28.8 Å². The van der Waals surface area contributed by atoms with Gasteiger partial charge in [-0.3, -0.25) is 0 Å². The highest BCUT2D eigenvalue weighted by atomic mass is 16.5. The van der Waals surface area contributed by atoms with Crippen LogP contribution in [0.3, 0.4) is 0 Å². The topological polar surface area (TPSA) is 93.1 Å². The second kappa shape index (κ2) is 13.3. The van der Waals surface area contributed by atoms with Gasteiger partial charge in [0.2, 0.25) is 0 Å². The van der Waals surface area contributed by atoms with Crippen LogP contribution in [0, 0.1) is 0 Å². The normalized spacial score (nSPS) is 10.9. The van der Waals surface area contributed by atoms with Crippen LogP contribution >= 0.6 is 0 Å². The van der Waals surface area contributed by atoms with E-state index in [1.807, 2.05) is 60.7 Å². The molecule has 0 bridgehead atoms. The van der Waals surface area contributed by atoms with Crippen LogP contribution in [0.1, 0.15) is 44.9 Å². The van der Waals surface area contributed by atoms with Gasteiger partial charge in [-0.15, -0.1) is 0 Å². The third kappa shape index (κ3) is 7.74. The minimum absolute atomic E-state index is 0.0535. The number of hydrogen-bond acceptors (Lipinski definition) is 6. The lowest BCUT2D eigenvalue weighted by Crippen LogP contribution is -2.09. The molecular formula is C30H28O6. The van der Waals surface area contributed by atoms with Crippen LogP contribution in [0.15, 0.2) is 109 Å². The first-order valence-corrected chi connectivity index (χ1v) is 11.5. The SMILES string of the molecule is CC(OC(=O)c1ccccc1O)c1ccccc1.O=C(OCCc1ccccc1)c1ccccc1O. The Morgan fingerprint density at radius 1 is 0.667 bits per heavy atom. The summed E-state index contributed by atoms with van der Waals surface area (Å²) >= 11 is 0. The van der Waals surface area contributed by atoms with E-state index < -0.39 is 11.9 Å². The van der Waals surface area contributed by atoms with Crippen molar-refractivity contribution in [2.45, 2.75) is 19.4 Å². The van der Waals surface area contributed by atoms with E-state index in [0.717, 1.165) is 11.1 Å². The van der Waals surface area contributed by atoms with Gasteiger partial charge in [0.05, 0.1) is 6.61 Å². The Bertz CT molecular complexity index is 1250. The first-order chi connectivity index (χ1) is 17.5. The van der Waals surface area contributed by atoms with Gasteiger partial charge < -0.3 is 19.7 Å². The molecule has 36 heavy (non-hydrogen) atoms. The quantitative estimate of drug-likeness (QED) is 0.308. The number of carbonyl (C=O) groups excluding carboxylic acids is 2. The summed E-state index contributed by atoms with van der Waals surface area (Å²) in [6, 6.07) is 32.0. The van der Waals surface area contributed by atoms with Crippen LogP contribution in [-0.2, 0) is 15.9 Å². The van der Waals surface area contributed by atoms with E-state index in [4.69, 9.17) is 9.47 Å². The molecule has 4 aromatic rings. The smallest absolute Gasteiger partial charge is 0.342 e. The standard InChI is InChI=1S/2C15H14O3/c1-11(12-7-3-2-4-8-12)18-15(17)13-9-5-6-10-14(13)16;16-14-9-5-4-8-13(14)15(17)18-11-10-12-6-2-1-3-7-12/h2-11,16H,1H3;1-9,16H,10-11H2. The molecule has 184 valence electrons. The summed E-state index contributed by atoms with van der Waals surface area (Å²) in [5.41, 5.74) is 2.41. The molecule has 6 heteroatoms. The van der Waals surface area contributed by atoms with E-state index in [9.17, 15) is 19.8 Å². The predicted octanol–water partition coefficient (Wildman–Crippen LogP) is 6.10. The number of carbonyl (C=O) groups is 2. The van der Waals surface area contributed by atoms with Crippen LogP contribution in [0.4, 0.5) is 0 Å². The van der Waals surface area contributed by atoms with Crippen molar-refractivity contribution in [2.75, 3.05) is 6.61 Å². The van der Waals surface area contributed by atoms with Gasteiger partial charge in [0, 0.05) is 6.42 Å². The van der Waals surface area contributed by atoms with Crippen molar-refractivity contribution in [3.8, 4) is 11.5 Å². The van der Waals surface area contributed by atoms with Gasteiger partial charge in [0.15, 0.2) is 0 Å². The fourth-order valence-corrected chi connectivity index (χ4v) is 3.29. The molecule has 0 fully saturated rings. The minimum atomic E-state index is -0.524. The summed E-state index contributed by atoms with van der Waals surface area (Å²) in [7, 11) is 0. The van der Waals surface area contributed by atoms with Crippen LogP contribution in [0.5, 0.6) is 11.5 Å². The van der Waals surface area contributed by atoms with E-state index in [2.05, 4.69) is 0 Å².